The van der Waals surface area contributed by atoms with Crippen LogP contribution in [0.4, 0.5) is 0 Å². The van der Waals surface area contributed by atoms with E-state index in [2.05, 4.69) is 25.2 Å². The van der Waals surface area contributed by atoms with Crippen LogP contribution in [-0.2, 0) is 4.74 Å². The fourth-order valence-corrected chi connectivity index (χ4v) is 2.17. The number of aryl methyl sites for hydroxylation is 1. The van der Waals surface area contributed by atoms with Crippen molar-refractivity contribution in [1.82, 2.24) is 5.32 Å². The largest absolute Gasteiger partial charge is 0.486 e. The molecule has 2 unspecified atom stereocenters. The molecule has 1 aromatic rings. The minimum Gasteiger partial charge on any atom is -0.486 e. The summed E-state index contributed by atoms with van der Waals surface area (Å²) in [6, 6.07) is 6.55. The molecule has 1 aliphatic rings. The molecule has 1 aliphatic heterocycles. The normalized spacial score (nSPS) is 24.6. The van der Waals surface area contributed by atoms with Gasteiger partial charge in [0.1, 0.15) is 11.9 Å². The molecule has 1 fully saturated rings. The highest BCUT2D eigenvalue weighted by molar-refractivity contribution is 5.38. The van der Waals surface area contributed by atoms with Crippen LogP contribution in [0, 0.1) is 13.8 Å². The Morgan fingerprint density at radius 1 is 1.35 bits per heavy atom. The van der Waals surface area contributed by atoms with Gasteiger partial charge in [0.25, 0.3) is 0 Å². The van der Waals surface area contributed by atoms with Gasteiger partial charge in [0.15, 0.2) is 0 Å². The zero-order chi connectivity index (χ0) is 12.3. The van der Waals surface area contributed by atoms with Gasteiger partial charge in [-0.15, -0.1) is 0 Å². The maximum atomic E-state index is 6.08. The molecular weight excluding hydrogens is 214 g/mol. The Labute approximate surface area is 103 Å². The van der Waals surface area contributed by atoms with Crippen LogP contribution in [0.3, 0.4) is 0 Å². The van der Waals surface area contributed by atoms with Gasteiger partial charge in [0, 0.05) is 12.6 Å². The lowest BCUT2D eigenvalue weighted by atomic mass is 10.1. The lowest BCUT2D eigenvalue weighted by molar-refractivity contribution is -0.0132. The number of ether oxygens (including phenoxy) is 2. The molecule has 0 aliphatic carbocycles. The van der Waals surface area contributed by atoms with Crippen molar-refractivity contribution in [3.63, 3.8) is 0 Å². The number of benzene rings is 1. The van der Waals surface area contributed by atoms with E-state index in [0.29, 0.717) is 12.6 Å². The Morgan fingerprint density at radius 3 is 2.94 bits per heavy atom. The van der Waals surface area contributed by atoms with Crippen LogP contribution < -0.4 is 10.1 Å². The Balaban J connectivity index is 2.11. The number of hydrogen-bond donors (Lipinski definition) is 1. The predicted molar refractivity (Wildman–Crippen MR) is 68.6 cm³/mol. The summed E-state index contributed by atoms with van der Waals surface area (Å²) >= 11 is 0. The van der Waals surface area contributed by atoms with E-state index in [1.165, 1.54) is 11.1 Å². The van der Waals surface area contributed by atoms with E-state index in [4.69, 9.17) is 9.47 Å². The van der Waals surface area contributed by atoms with E-state index in [9.17, 15) is 0 Å². The highest BCUT2D eigenvalue weighted by Gasteiger charge is 2.26. The second-order valence-corrected chi connectivity index (χ2v) is 4.61. The molecule has 94 valence electrons. The molecule has 0 radical (unpaired) electrons. The van der Waals surface area contributed by atoms with E-state index in [-0.39, 0.29) is 6.10 Å². The Morgan fingerprint density at radius 2 is 2.18 bits per heavy atom. The van der Waals surface area contributed by atoms with Crippen LogP contribution >= 0.6 is 0 Å². The maximum Gasteiger partial charge on any atom is 0.137 e. The summed E-state index contributed by atoms with van der Waals surface area (Å²) in [5.41, 5.74) is 2.48. The van der Waals surface area contributed by atoms with Crippen LogP contribution in [0.5, 0.6) is 5.75 Å². The van der Waals surface area contributed by atoms with E-state index >= 15 is 0 Å². The fourth-order valence-electron chi connectivity index (χ4n) is 2.17. The van der Waals surface area contributed by atoms with E-state index in [1.807, 2.05) is 19.2 Å². The fraction of sp³-hybridized carbons (Fsp3) is 0.571. The first-order valence-corrected chi connectivity index (χ1v) is 6.20. The van der Waals surface area contributed by atoms with Crippen LogP contribution in [0.25, 0.3) is 0 Å². The van der Waals surface area contributed by atoms with Crippen molar-refractivity contribution in [3.05, 3.63) is 29.3 Å². The lowest BCUT2D eigenvalue weighted by Crippen LogP contribution is -2.48. The SMILES string of the molecule is CNC1CCOCC1Oc1cccc(C)c1C. The van der Waals surface area contributed by atoms with Gasteiger partial charge in [-0.25, -0.2) is 0 Å². The molecule has 1 saturated heterocycles. The summed E-state index contributed by atoms with van der Waals surface area (Å²) in [5, 5.41) is 3.30. The number of hydrogen-bond acceptors (Lipinski definition) is 3. The molecule has 0 aromatic heterocycles. The van der Waals surface area contributed by atoms with Crippen molar-refractivity contribution in [2.24, 2.45) is 0 Å². The number of rotatable bonds is 3. The maximum absolute atomic E-state index is 6.08. The van der Waals surface area contributed by atoms with Gasteiger partial charge in [-0.1, -0.05) is 12.1 Å². The van der Waals surface area contributed by atoms with Crippen molar-refractivity contribution in [2.45, 2.75) is 32.4 Å². The monoisotopic (exact) mass is 235 g/mol. The molecular formula is C14H21NO2. The van der Waals surface area contributed by atoms with Gasteiger partial charge in [0.2, 0.25) is 0 Å². The minimum absolute atomic E-state index is 0.106. The summed E-state index contributed by atoms with van der Waals surface area (Å²) in [5.74, 6) is 0.973. The molecule has 1 N–H and O–H groups in total. The van der Waals surface area contributed by atoms with Gasteiger partial charge in [-0.05, 0) is 44.5 Å². The van der Waals surface area contributed by atoms with Crippen LogP contribution in [0.2, 0.25) is 0 Å². The summed E-state index contributed by atoms with van der Waals surface area (Å²) in [4.78, 5) is 0. The van der Waals surface area contributed by atoms with Gasteiger partial charge in [-0.2, -0.15) is 0 Å². The number of nitrogens with one attached hydrogen (secondary N) is 1. The first-order valence-electron chi connectivity index (χ1n) is 6.20. The molecule has 2 atom stereocenters. The zero-order valence-electron chi connectivity index (χ0n) is 10.8. The topological polar surface area (TPSA) is 30.5 Å². The standard InChI is InChI=1S/C14H21NO2/c1-10-5-4-6-13(11(10)2)17-14-9-16-8-7-12(14)15-3/h4-6,12,14-15H,7-9H2,1-3H3. The smallest absolute Gasteiger partial charge is 0.137 e. The summed E-state index contributed by atoms with van der Waals surface area (Å²) in [7, 11) is 1.98. The Hall–Kier alpha value is -1.06. The zero-order valence-corrected chi connectivity index (χ0v) is 10.8. The Bertz CT molecular complexity index is 378. The third-order valence-corrected chi connectivity index (χ3v) is 3.51. The highest BCUT2D eigenvalue weighted by Crippen LogP contribution is 2.23. The quantitative estimate of drug-likeness (QED) is 0.870. The minimum atomic E-state index is 0.106. The second kappa shape index (κ2) is 5.52. The van der Waals surface area contributed by atoms with Crippen molar-refractivity contribution in [1.29, 1.82) is 0 Å². The van der Waals surface area contributed by atoms with E-state index < -0.39 is 0 Å². The first-order chi connectivity index (χ1) is 8.22. The molecule has 2 rings (SSSR count). The summed E-state index contributed by atoms with van der Waals surface area (Å²) in [6.07, 6.45) is 1.11. The molecule has 1 heterocycles. The van der Waals surface area contributed by atoms with Crippen LogP contribution in [-0.4, -0.2) is 32.4 Å². The van der Waals surface area contributed by atoms with E-state index in [1.54, 1.807) is 0 Å². The molecule has 3 nitrogen and oxygen atoms in total. The van der Waals surface area contributed by atoms with Crippen LogP contribution in [0.15, 0.2) is 18.2 Å². The van der Waals surface area contributed by atoms with Crippen molar-refractivity contribution < 1.29 is 9.47 Å². The van der Waals surface area contributed by atoms with Gasteiger partial charge in [-0.3, -0.25) is 0 Å². The average molecular weight is 235 g/mol. The second-order valence-electron chi connectivity index (χ2n) is 4.61. The van der Waals surface area contributed by atoms with Crippen molar-refractivity contribution >= 4 is 0 Å². The van der Waals surface area contributed by atoms with Crippen LogP contribution in [0.1, 0.15) is 17.5 Å². The molecule has 3 heteroatoms. The average Bonchev–Trinajstić information content (AvgIpc) is 2.35. The third kappa shape index (κ3) is 2.79. The highest BCUT2D eigenvalue weighted by atomic mass is 16.5. The van der Waals surface area contributed by atoms with Gasteiger partial charge >= 0.3 is 0 Å². The summed E-state index contributed by atoms with van der Waals surface area (Å²) in [6.45, 7) is 5.69. The third-order valence-electron chi connectivity index (χ3n) is 3.51. The molecule has 17 heavy (non-hydrogen) atoms. The number of likely N-dealkylation sites (N-methyl/N-ethyl adjacent to an activating group) is 1. The summed E-state index contributed by atoms with van der Waals surface area (Å²) < 4.78 is 11.6. The van der Waals surface area contributed by atoms with Gasteiger partial charge < -0.3 is 14.8 Å². The molecule has 0 bridgehead atoms. The predicted octanol–water partition coefficient (Wildman–Crippen LogP) is 2.06. The molecule has 0 amide bonds. The van der Waals surface area contributed by atoms with Crippen molar-refractivity contribution in [2.75, 3.05) is 20.3 Å². The van der Waals surface area contributed by atoms with Gasteiger partial charge in [0.05, 0.1) is 6.61 Å². The van der Waals surface area contributed by atoms with Crippen molar-refractivity contribution in [3.8, 4) is 5.75 Å². The lowest BCUT2D eigenvalue weighted by Gasteiger charge is -2.32. The molecule has 1 aromatic carbocycles. The first kappa shape index (κ1) is 12.4. The Kier molecular flexibility index (Phi) is 4.02. The van der Waals surface area contributed by atoms with E-state index in [0.717, 1.165) is 18.8 Å². The molecule has 0 spiro atoms. The molecule has 0 saturated carbocycles.